The van der Waals surface area contributed by atoms with Gasteiger partial charge in [-0.3, -0.25) is 0 Å². The van der Waals surface area contributed by atoms with Gasteiger partial charge in [-0.15, -0.1) is 0 Å². The first kappa shape index (κ1) is 18.9. The zero-order chi connectivity index (χ0) is 14.3. The Morgan fingerprint density at radius 2 is 0.789 bits per heavy atom. The van der Waals surface area contributed by atoms with Crippen molar-refractivity contribution in [2.24, 2.45) is 0 Å². The summed E-state index contributed by atoms with van der Waals surface area (Å²) in [5, 5.41) is 0. The van der Waals surface area contributed by atoms with Gasteiger partial charge in [0.25, 0.3) is 0 Å². The van der Waals surface area contributed by atoms with E-state index in [1.807, 2.05) is 0 Å². The summed E-state index contributed by atoms with van der Waals surface area (Å²) in [6, 6.07) is 0. The van der Waals surface area contributed by atoms with Crippen molar-refractivity contribution in [2.75, 3.05) is 39.3 Å². The van der Waals surface area contributed by atoms with Crippen LogP contribution in [-0.2, 0) is 0 Å². The lowest BCUT2D eigenvalue weighted by Crippen LogP contribution is -2.32. The molecule has 0 aromatic rings. The molecule has 0 aliphatic heterocycles. The minimum atomic E-state index is 1.28. The molecule has 0 spiro atoms. The van der Waals surface area contributed by atoms with Gasteiger partial charge in [0.15, 0.2) is 0 Å². The van der Waals surface area contributed by atoms with E-state index in [1.165, 1.54) is 84.2 Å². The van der Waals surface area contributed by atoms with Gasteiger partial charge in [0.05, 0.1) is 0 Å². The summed E-state index contributed by atoms with van der Waals surface area (Å²) in [4.78, 5) is 5.32. The smallest absolute Gasteiger partial charge is 0.000655 e. The van der Waals surface area contributed by atoms with Gasteiger partial charge >= 0.3 is 0 Å². The molecule has 0 atom stereocenters. The topological polar surface area (TPSA) is 6.48 Å². The van der Waals surface area contributed by atoms with E-state index in [2.05, 4.69) is 37.5 Å². The summed E-state index contributed by atoms with van der Waals surface area (Å²) in [6.45, 7) is 16.9. The molecule has 0 amide bonds. The van der Waals surface area contributed by atoms with E-state index in [1.54, 1.807) is 0 Å². The molecule has 0 rings (SSSR count). The van der Waals surface area contributed by atoms with Crippen molar-refractivity contribution in [3.05, 3.63) is 0 Å². The molecule has 0 saturated heterocycles. The van der Waals surface area contributed by atoms with Gasteiger partial charge in [0.1, 0.15) is 0 Å². The van der Waals surface area contributed by atoms with E-state index >= 15 is 0 Å². The van der Waals surface area contributed by atoms with Crippen LogP contribution >= 0.6 is 0 Å². The Morgan fingerprint density at radius 1 is 0.421 bits per heavy atom. The molecular formula is C17H38N2. The fourth-order valence-electron chi connectivity index (χ4n) is 2.58. The number of rotatable bonds is 14. The van der Waals surface area contributed by atoms with Crippen LogP contribution < -0.4 is 0 Å². The van der Waals surface area contributed by atoms with Crippen molar-refractivity contribution >= 4 is 0 Å². The third-order valence-electron chi connectivity index (χ3n) is 3.68. The van der Waals surface area contributed by atoms with Gasteiger partial charge < -0.3 is 9.80 Å². The van der Waals surface area contributed by atoms with Crippen molar-refractivity contribution in [1.82, 2.24) is 9.80 Å². The largest absolute Gasteiger partial charge is 0.303 e. The summed E-state index contributed by atoms with van der Waals surface area (Å²) in [5.41, 5.74) is 0. The summed E-state index contributed by atoms with van der Waals surface area (Å²) in [7, 11) is 0. The first-order chi connectivity index (χ1) is 9.28. The summed E-state index contributed by atoms with van der Waals surface area (Å²) in [5.74, 6) is 0. The van der Waals surface area contributed by atoms with E-state index in [4.69, 9.17) is 0 Å². The van der Waals surface area contributed by atoms with Crippen LogP contribution in [0.15, 0.2) is 0 Å². The van der Waals surface area contributed by atoms with E-state index < -0.39 is 0 Å². The van der Waals surface area contributed by atoms with Crippen LogP contribution in [0.5, 0.6) is 0 Å². The van der Waals surface area contributed by atoms with Gasteiger partial charge in [-0.05, 0) is 71.4 Å². The Hall–Kier alpha value is -0.0800. The maximum atomic E-state index is 2.66. The zero-order valence-electron chi connectivity index (χ0n) is 14.1. The molecule has 0 aliphatic rings. The Labute approximate surface area is 122 Å². The molecule has 0 saturated carbocycles. The van der Waals surface area contributed by atoms with Gasteiger partial charge in [0, 0.05) is 0 Å². The highest BCUT2D eigenvalue weighted by Gasteiger charge is 2.06. The molecule has 0 aromatic heterocycles. The fourth-order valence-corrected chi connectivity index (χ4v) is 2.58. The van der Waals surface area contributed by atoms with Crippen molar-refractivity contribution in [1.29, 1.82) is 0 Å². The van der Waals surface area contributed by atoms with Crippen LogP contribution in [0, 0.1) is 0 Å². The minimum absolute atomic E-state index is 1.28. The molecule has 0 N–H and O–H groups in total. The number of hydrogen-bond acceptors (Lipinski definition) is 2. The molecule has 0 fully saturated rings. The highest BCUT2D eigenvalue weighted by molar-refractivity contribution is 4.62. The molecule has 116 valence electrons. The van der Waals surface area contributed by atoms with Crippen LogP contribution in [0.2, 0.25) is 0 Å². The molecule has 19 heavy (non-hydrogen) atoms. The van der Waals surface area contributed by atoms with Crippen LogP contribution in [0.4, 0.5) is 0 Å². The maximum Gasteiger partial charge on any atom is -0.000655 e. The van der Waals surface area contributed by atoms with Gasteiger partial charge in [-0.2, -0.15) is 0 Å². The van der Waals surface area contributed by atoms with E-state index in [0.717, 1.165) is 0 Å². The second-order valence-electron chi connectivity index (χ2n) is 5.74. The third kappa shape index (κ3) is 11.4. The summed E-state index contributed by atoms with van der Waals surface area (Å²) in [6.07, 6.45) is 9.27. The second kappa shape index (κ2) is 14.3. The molecule has 2 nitrogen and oxygen atoms in total. The predicted molar refractivity (Wildman–Crippen MR) is 87.9 cm³/mol. The lowest BCUT2D eigenvalue weighted by atomic mass is 10.2. The van der Waals surface area contributed by atoms with Crippen LogP contribution in [0.3, 0.4) is 0 Å². The fraction of sp³-hybridized carbons (Fsp3) is 1.00. The average Bonchev–Trinajstić information content (AvgIpc) is 2.42. The molecule has 0 radical (unpaired) electrons. The van der Waals surface area contributed by atoms with Crippen LogP contribution in [-0.4, -0.2) is 49.1 Å². The number of hydrogen-bond donors (Lipinski definition) is 0. The highest BCUT2D eigenvalue weighted by atomic mass is 15.1. The van der Waals surface area contributed by atoms with Crippen LogP contribution in [0.1, 0.15) is 72.6 Å². The lowest BCUT2D eigenvalue weighted by molar-refractivity contribution is 0.222. The predicted octanol–water partition coefficient (Wildman–Crippen LogP) is 4.40. The Kier molecular flexibility index (Phi) is 14.3. The average molecular weight is 271 g/mol. The van der Waals surface area contributed by atoms with Crippen molar-refractivity contribution in [2.45, 2.75) is 72.6 Å². The quantitative estimate of drug-likeness (QED) is 0.461. The Balaban J connectivity index is 3.83. The minimum Gasteiger partial charge on any atom is -0.303 e. The molecule has 0 aromatic carbocycles. The zero-order valence-corrected chi connectivity index (χ0v) is 14.1. The molecule has 0 aliphatic carbocycles. The first-order valence-corrected chi connectivity index (χ1v) is 8.73. The van der Waals surface area contributed by atoms with Gasteiger partial charge in [0.2, 0.25) is 0 Å². The highest BCUT2D eigenvalue weighted by Crippen LogP contribution is 2.02. The summed E-state index contributed by atoms with van der Waals surface area (Å²) < 4.78 is 0. The molecule has 0 heterocycles. The standard InChI is InChI=1S/C17H38N2/c1-5-9-14-18(12-7-3)16-11-17-19(13-8-4)15-10-6-2/h5-17H2,1-4H3. The lowest BCUT2D eigenvalue weighted by Gasteiger charge is -2.25. The molecule has 0 unspecified atom stereocenters. The second-order valence-corrected chi connectivity index (χ2v) is 5.74. The SMILES string of the molecule is CCCCN(CCC)CCCN(CCC)CCCC. The van der Waals surface area contributed by atoms with Crippen molar-refractivity contribution in [3.63, 3.8) is 0 Å². The molecule has 2 heteroatoms. The first-order valence-electron chi connectivity index (χ1n) is 8.73. The number of unbranched alkanes of at least 4 members (excludes halogenated alkanes) is 2. The summed E-state index contributed by atoms with van der Waals surface area (Å²) >= 11 is 0. The van der Waals surface area contributed by atoms with Crippen molar-refractivity contribution < 1.29 is 0 Å². The normalized spacial score (nSPS) is 11.7. The molecule has 0 bridgehead atoms. The Bertz CT molecular complexity index is 153. The van der Waals surface area contributed by atoms with Crippen LogP contribution in [0.25, 0.3) is 0 Å². The third-order valence-corrected chi connectivity index (χ3v) is 3.68. The molecular weight excluding hydrogens is 232 g/mol. The van der Waals surface area contributed by atoms with E-state index in [0.29, 0.717) is 0 Å². The Morgan fingerprint density at radius 3 is 1.11 bits per heavy atom. The van der Waals surface area contributed by atoms with E-state index in [-0.39, 0.29) is 0 Å². The van der Waals surface area contributed by atoms with Gasteiger partial charge in [-0.25, -0.2) is 0 Å². The maximum absolute atomic E-state index is 2.66. The monoisotopic (exact) mass is 270 g/mol. The van der Waals surface area contributed by atoms with Gasteiger partial charge in [-0.1, -0.05) is 40.5 Å². The van der Waals surface area contributed by atoms with Crippen molar-refractivity contribution in [3.8, 4) is 0 Å². The number of nitrogens with zero attached hydrogens (tertiary/aromatic N) is 2. The van der Waals surface area contributed by atoms with E-state index in [9.17, 15) is 0 Å².